The van der Waals surface area contributed by atoms with Crippen molar-refractivity contribution in [3.8, 4) is 0 Å². The Morgan fingerprint density at radius 2 is 1.74 bits per heavy atom. The van der Waals surface area contributed by atoms with Gasteiger partial charge in [0.2, 0.25) is 5.91 Å². The molecule has 0 atom stereocenters. The Morgan fingerprint density at radius 3 is 2.37 bits per heavy atom. The van der Waals surface area contributed by atoms with E-state index in [1.165, 1.54) is 12.8 Å². The van der Waals surface area contributed by atoms with Crippen LogP contribution >= 0.6 is 0 Å². The Balaban J connectivity index is 1.34. The van der Waals surface area contributed by atoms with Crippen LogP contribution in [0.4, 0.5) is 5.69 Å². The summed E-state index contributed by atoms with van der Waals surface area (Å²) >= 11 is 0. The number of methoxy groups -OCH3 is 1. The van der Waals surface area contributed by atoms with Gasteiger partial charge in [-0.2, -0.15) is 0 Å². The van der Waals surface area contributed by atoms with E-state index in [0.29, 0.717) is 18.8 Å². The number of nitrogens with zero attached hydrogens (tertiary/aromatic N) is 4. The summed E-state index contributed by atoms with van der Waals surface area (Å²) in [5, 5.41) is 0. The predicted octanol–water partition coefficient (Wildman–Crippen LogP) is 1.40. The van der Waals surface area contributed by atoms with Crippen molar-refractivity contribution in [1.29, 1.82) is 0 Å². The minimum absolute atomic E-state index is 0.148. The second kappa shape index (κ2) is 9.69. The molecule has 3 heterocycles. The van der Waals surface area contributed by atoms with E-state index in [2.05, 4.69) is 14.8 Å². The molecule has 7 heteroatoms. The Kier molecular flexibility index (Phi) is 7.04. The van der Waals surface area contributed by atoms with Gasteiger partial charge < -0.3 is 14.5 Å². The third kappa shape index (κ3) is 5.66. The maximum absolute atomic E-state index is 12.5. The highest BCUT2D eigenvalue weighted by Crippen LogP contribution is 2.21. The van der Waals surface area contributed by atoms with E-state index in [9.17, 15) is 9.59 Å². The summed E-state index contributed by atoms with van der Waals surface area (Å²) in [5.41, 5.74) is 1.22. The second-order valence-corrected chi connectivity index (χ2v) is 7.39. The molecule has 0 saturated carbocycles. The second-order valence-electron chi connectivity index (χ2n) is 7.39. The highest BCUT2D eigenvalue weighted by molar-refractivity contribution is 5.76. The Hall–Kier alpha value is -2.15. The monoisotopic (exact) mass is 374 g/mol. The van der Waals surface area contributed by atoms with Crippen LogP contribution in [0.3, 0.4) is 0 Å². The highest BCUT2D eigenvalue weighted by Gasteiger charge is 2.25. The first-order valence-corrected chi connectivity index (χ1v) is 9.87. The van der Waals surface area contributed by atoms with Gasteiger partial charge in [-0.3, -0.25) is 19.5 Å². The molecule has 0 N–H and O–H groups in total. The lowest BCUT2D eigenvalue weighted by atomic mass is 9.93. The maximum atomic E-state index is 12.5. The third-order valence-corrected chi connectivity index (χ3v) is 5.69. The summed E-state index contributed by atoms with van der Waals surface area (Å²) in [5.74, 6) is 0.441. The van der Waals surface area contributed by atoms with E-state index < -0.39 is 0 Å². The van der Waals surface area contributed by atoms with E-state index in [1.807, 2.05) is 29.4 Å². The molecule has 1 aromatic heterocycles. The lowest BCUT2D eigenvalue weighted by molar-refractivity contribution is -0.142. The molecule has 7 nitrogen and oxygen atoms in total. The normalized spacial score (nSPS) is 19.1. The number of hydrogen-bond acceptors (Lipinski definition) is 6. The zero-order chi connectivity index (χ0) is 19.1. The fourth-order valence-corrected chi connectivity index (χ4v) is 3.90. The first kappa shape index (κ1) is 19.6. The average molecular weight is 374 g/mol. The number of aromatic nitrogens is 1. The zero-order valence-corrected chi connectivity index (χ0v) is 16.2. The van der Waals surface area contributed by atoms with Gasteiger partial charge in [0.15, 0.2) is 0 Å². The van der Waals surface area contributed by atoms with Crippen LogP contribution in [0.5, 0.6) is 0 Å². The zero-order valence-electron chi connectivity index (χ0n) is 16.2. The molecule has 2 saturated heterocycles. The number of hydrogen-bond donors (Lipinski definition) is 0. The molecule has 27 heavy (non-hydrogen) atoms. The van der Waals surface area contributed by atoms with Gasteiger partial charge in [0.25, 0.3) is 0 Å². The Labute approximate surface area is 161 Å². The average Bonchev–Trinajstić information content (AvgIpc) is 2.73. The van der Waals surface area contributed by atoms with Gasteiger partial charge in [0.05, 0.1) is 7.11 Å². The number of rotatable bonds is 6. The van der Waals surface area contributed by atoms with Gasteiger partial charge in [0, 0.05) is 76.7 Å². The van der Waals surface area contributed by atoms with Crippen molar-refractivity contribution in [2.45, 2.75) is 25.7 Å². The topological polar surface area (TPSA) is 66.0 Å². The van der Waals surface area contributed by atoms with Crippen LogP contribution in [0.1, 0.15) is 25.7 Å². The summed E-state index contributed by atoms with van der Waals surface area (Å²) < 4.78 is 4.74. The van der Waals surface area contributed by atoms with Crippen LogP contribution < -0.4 is 4.90 Å². The molecule has 2 aliphatic rings. The van der Waals surface area contributed by atoms with Crippen LogP contribution in [0.25, 0.3) is 0 Å². The predicted molar refractivity (Wildman–Crippen MR) is 103 cm³/mol. The summed E-state index contributed by atoms with van der Waals surface area (Å²) in [6.45, 7) is 6.28. The molecule has 1 amide bonds. The van der Waals surface area contributed by atoms with Gasteiger partial charge in [-0.25, -0.2) is 0 Å². The van der Waals surface area contributed by atoms with Crippen molar-refractivity contribution >= 4 is 17.6 Å². The summed E-state index contributed by atoms with van der Waals surface area (Å²) in [6, 6.07) is 4.09. The van der Waals surface area contributed by atoms with Crippen molar-refractivity contribution in [2.75, 3.05) is 57.8 Å². The minimum atomic E-state index is -0.148. The fraction of sp³-hybridized carbons (Fsp3) is 0.650. The van der Waals surface area contributed by atoms with E-state index in [-0.39, 0.29) is 11.9 Å². The van der Waals surface area contributed by atoms with Crippen molar-refractivity contribution < 1.29 is 14.3 Å². The van der Waals surface area contributed by atoms with Crippen molar-refractivity contribution in [3.05, 3.63) is 24.5 Å². The van der Waals surface area contributed by atoms with Crippen LogP contribution in [0.2, 0.25) is 0 Å². The van der Waals surface area contributed by atoms with E-state index in [4.69, 9.17) is 4.74 Å². The van der Waals surface area contributed by atoms with Crippen molar-refractivity contribution in [1.82, 2.24) is 14.8 Å². The molecular weight excluding hydrogens is 344 g/mol. The van der Waals surface area contributed by atoms with E-state index in [1.54, 1.807) is 0 Å². The van der Waals surface area contributed by atoms with Gasteiger partial charge in [-0.15, -0.1) is 0 Å². The number of esters is 1. The summed E-state index contributed by atoms with van der Waals surface area (Å²) in [7, 11) is 1.43. The number of likely N-dealkylation sites (tertiary alicyclic amines) is 1. The minimum Gasteiger partial charge on any atom is -0.469 e. The first-order chi connectivity index (χ1) is 13.2. The van der Waals surface area contributed by atoms with Gasteiger partial charge >= 0.3 is 5.97 Å². The molecular formula is C20H30N4O3. The SMILES string of the molecule is COC(=O)CC1CCN(C(=O)CCN2CCN(c3ccncc3)CC2)CC1. The molecule has 0 spiro atoms. The molecule has 2 fully saturated rings. The molecule has 0 bridgehead atoms. The quantitative estimate of drug-likeness (QED) is 0.701. The number of amides is 1. The number of anilines is 1. The van der Waals surface area contributed by atoms with E-state index in [0.717, 1.165) is 58.7 Å². The van der Waals surface area contributed by atoms with E-state index >= 15 is 0 Å². The molecule has 0 unspecified atom stereocenters. The van der Waals surface area contributed by atoms with Crippen molar-refractivity contribution in [2.24, 2.45) is 5.92 Å². The number of ether oxygens (including phenoxy) is 1. The summed E-state index contributed by atoms with van der Waals surface area (Å²) in [4.78, 5) is 34.6. The molecule has 0 aliphatic carbocycles. The molecule has 3 rings (SSSR count). The van der Waals surface area contributed by atoms with Crippen LogP contribution in [-0.4, -0.2) is 79.6 Å². The van der Waals surface area contributed by atoms with Gasteiger partial charge in [-0.05, 0) is 30.9 Å². The number of pyridine rings is 1. The molecule has 1 aromatic rings. The summed E-state index contributed by atoms with van der Waals surface area (Å²) in [6.07, 6.45) is 6.50. The number of carbonyl (C=O) groups is 2. The largest absolute Gasteiger partial charge is 0.469 e. The highest BCUT2D eigenvalue weighted by atomic mass is 16.5. The first-order valence-electron chi connectivity index (χ1n) is 9.87. The van der Waals surface area contributed by atoms with Crippen LogP contribution in [0, 0.1) is 5.92 Å². The smallest absolute Gasteiger partial charge is 0.305 e. The van der Waals surface area contributed by atoms with Gasteiger partial charge in [0.1, 0.15) is 0 Å². The van der Waals surface area contributed by atoms with Crippen LogP contribution in [-0.2, 0) is 14.3 Å². The molecule has 0 radical (unpaired) electrons. The number of piperidine rings is 1. The molecule has 0 aromatic carbocycles. The molecule has 2 aliphatic heterocycles. The lowest BCUT2D eigenvalue weighted by Gasteiger charge is -2.36. The molecule has 148 valence electrons. The third-order valence-electron chi connectivity index (χ3n) is 5.69. The van der Waals surface area contributed by atoms with Crippen molar-refractivity contribution in [3.63, 3.8) is 0 Å². The number of piperazine rings is 1. The van der Waals surface area contributed by atoms with Gasteiger partial charge in [-0.1, -0.05) is 0 Å². The Bertz CT molecular complexity index is 609. The lowest BCUT2D eigenvalue weighted by Crippen LogP contribution is -2.47. The Morgan fingerprint density at radius 1 is 1.07 bits per heavy atom. The van der Waals surface area contributed by atoms with Crippen LogP contribution in [0.15, 0.2) is 24.5 Å². The fourth-order valence-electron chi connectivity index (χ4n) is 3.90. The standard InChI is InChI=1S/C20H30N4O3/c1-27-20(26)16-17-4-10-24(11-5-17)19(25)6-9-22-12-14-23(15-13-22)18-2-7-21-8-3-18/h2-3,7-8,17H,4-6,9-16H2,1H3. The maximum Gasteiger partial charge on any atom is 0.305 e. The number of carbonyl (C=O) groups excluding carboxylic acids is 2.